The molecule has 3 aromatic rings. The van der Waals surface area contributed by atoms with E-state index < -0.39 is 23.4 Å². The van der Waals surface area contributed by atoms with Gasteiger partial charge in [-0.05, 0) is 38.0 Å². The highest BCUT2D eigenvalue weighted by atomic mass is 32.2. The lowest BCUT2D eigenvalue weighted by Gasteiger charge is -2.25. The zero-order valence-corrected chi connectivity index (χ0v) is 19.3. The number of thioether (sulfide) groups is 1. The third kappa shape index (κ3) is 4.21. The van der Waals surface area contributed by atoms with Gasteiger partial charge >= 0.3 is 6.03 Å². The van der Waals surface area contributed by atoms with Crippen LogP contribution in [0.1, 0.15) is 30.3 Å². The highest BCUT2D eigenvalue weighted by Gasteiger charge is 2.52. The smallest absolute Gasteiger partial charge is 0.318 e. The number of aryl methyl sites for hydroxylation is 2. The maximum absolute atomic E-state index is 13.1. The Morgan fingerprint density at radius 2 is 1.76 bits per heavy atom. The fraction of sp³-hybridized carbons (Fsp3) is 0.261. The van der Waals surface area contributed by atoms with Gasteiger partial charge in [0.2, 0.25) is 5.91 Å². The maximum atomic E-state index is 13.1. The second-order valence-corrected chi connectivity index (χ2v) is 8.66. The molecule has 33 heavy (non-hydrogen) atoms. The van der Waals surface area contributed by atoms with Gasteiger partial charge in [0, 0.05) is 5.69 Å². The van der Waals surface area contributed by atoms with Crippen LogP contribution in [0.5, 0.6) is 0 Å². The van der Waals surface area contributed by atoms with Crippen molar-refractivity contribution in [3.63, 3.8) is 0 Å². The molecule has 0 radical (unpaired) electrons. The first-order valence-corrected chi connectivity index (χ1v) is 11.5. The van der Waals surface area contributed by atoms with Gasteiger partial charge in [-0.1, -0.05) is 66.7 Å². The number of amides is 4. The zero-order chi connectivity index (χ0) is 23.6. The number of carbonyl (C=O) groups is 3. The molecule has 170 valence electrons. The quantitative estimate of drug-likeness (QED) is 0.411. The summed E-state index contributed by atoms with van der Waals surface area (Å²) in [6, 6.07) is 16.2. The second kappa shape index (κ2) is 9.07. The summed E-state index contributed by atoms with van der Waals surface area (Å²) >= 11 is 1.17. The maximum Gasteiger partial charge on any atom is 0.344 e. The summed E-state index contributed by atoms with van der Waals surface area (Å²) in [5.74, 6) is -0.379. The summed E-state index contributed by atoms with van der Waals surface area (Å²) in [6.07, 6.45) is 0.349. The first-order chi connectivity index (χ1) is 15.9. The van der Waals surface area contributed by atoms with E-state index in [2.05, 4.69) is 20.9 Å². The number of urea groups is 1. The predicted molar refractivity (Wildman–Crippen MR) is 123 cm³/mol. The molecule has 1 aliphatic rings. The summed E-state index contributed by atoms with van der Waals surface area (Å²) in [6.45, 7) is 5.65. The predicted octanol–water partition coefficient (Wildman–Crippen LogP) is 2.86. The van der Waals surface area contributed by atoms with Crippen LogP contribution < -0.4 is 10.7 Å². The van der Waals surface area contributed by atoms with Gasteiger partial charge in [-0.15, -0.1) is 10.2 Å². The van der Waals surface area contributed by atoms with E-state index >= 15 is 0 Å². The molecule has 0 spiro atoms. The van der Waals surface area contributed by atoms with Crippen LogP contribution in [0, 0.1) is 13.8 Å². The Labute approximate surface area is 195 Å². The number of hydrazine groups is 1. The highest BCUT2D eigenvalue weighted by molar-refractivity contribution is 7.99. The second-order valence-electron chi connectivity index (χ2n) is 7.72. The van der Waals surface area contributed by atoms with Gasteiger partial charge in [0.1, 0.15) is 11.4 Å². The first-order valence-electron chi connectivity index (χ1n) is 10.5. The number of benzene rings is 2. The van der Waals surface area contributed by atoms with Crippen LogP contribution in [0.2, 0.25) is 0 Å². The fourth-order valence-corrected chi connectivity index (χ4v) is 4.54. The Hall–Kier alpha value is -3.66. The zero-order valence-electron chi connectivity index (χ0n) is 18.5. The van der Waals surface area contributed by atoms with Crippen LogP contribution in [0.4, 0.5) is 4.79 Å². The molecule has 4 rings (SSSR count). The topological polar surface area (TPSA) is 109 Å². The molecule has 0 saturated carbocycles. The van der Waals surface area contributed by atoms with Crippen LogP contribution >= 0.6 is 11.8 Å². The SMILES string of the molecule is CCC1(c2ccccc2)NC(=O)N(NC(=O)CSc2nnc(C)n2-c2ccc(C)cc2)C1=O. The van der Waals surface area contributed by atoms with Crippen molar-refractivity contribution in [2.45, 2.75) is 37.9 Å². The lowest BCUT2D eigenvalue weighted by Crippen LogP contribution is -2.49. The van der Waals surface area contributed by atoms with Crippen LogP contribution in [0.25, 0.3) is 5.69 Å². The number of aromatic nitrogens is 3. The normalized spacial score (nSPS) is 17.8. The van der Waals surface area contributed by atoms with Gasteiger partial charge < -0.3 is 5.32 Å². The monoisotopic (exact) mass is 464 g/mol. The van der Waals surface area contributed by atoms with E-state index in [1.807, 2.05) is 55.7 Å². The summed E-state index contributed by atoms with van der Waals surface area (Å²) in [4.78, 5) is 38.3. The third-order valence-corrected chi connectivity index (χ3v) is 6.47. The van der Waals surface area contributed by atoms with Crippen molar-refractivity contribution in [3.8, 4) is 5.69 Å². The van der Waals surface area contributed by atoms with Crippen molar-refractivity contribution in [2.75, 3.05) is 5.75 Å². The Balaban J connectivity index is 1.46. The van der Waals surface area contributed by atoms with Crippen molar-refractivity contribution >= 4 is 29.6 Å². The van der Waals surface area contributed by atoms with Crippen molar-refractivity contribution < 1.29 is 14.4 Å². The van der Waals surface area contributed by atoms with E-state index in [1.165, 1.54) is 11.8 Å². The number of hydrogen-bond acceptors (Lipinski definition) is 6. The average Bonchev–Trinajstić information content (AvgIpc) is 3.31. The molecule has 2 aromatic carbocycles. The van der Waals surface area contributed by atoms with Gasteiger partial charge in [0.05, 0.1) is 5.75 Å². The Morgan fingerprint density at radius 1 is 1.06 bits per heavy atom. The number of hydrogen-bond donors (Lipinski definition) is 2. The lowest BCUT2D eigenvalue weighted by atomic mass is 9.87. The summed E-state index contributed by atoms with van der Waals surface area (Å²) < 4.78 is 1.85. The highest BCUT2D eigenvalue weighted by Crippen LogP contribution is 2.31. The molecule has 2 N–H and O–H groups in total. The largest absolute Gasteiger partial charge is 0.344 e. The molecular formula is C23H24N6O3S. The molecule has 2 heterocycles. The van der Waals surface area contributed by atoms with E-state index in [4.69, 9.17) is 0 Å². The third-order valence-electron chi connectivity index (χ3n) is 5.54. The van der Waals surface area contributed by atoms with Gasteiger partial charge in [-0.25, -0.2) is 4.79 Å². The first kappa shape index (κ1) is 22.5. The molecule has 4 amide bonds. The Kier molecular flexibility index (Phi) is 6.19. The minimum atomic E-state index is -1.21. The molecule has 10 heteroatoms. The number of nitrogens with zero attached hydrogens (tertiary/aromatic N) is 4. The van der Waals surface area contributed by atoms with Crippen LogP contribution in [0.3, 0.4) is 0 Å². The molecule has 1 atom stereocenters. The van der Waals surface area contributed by atoms with Crippen LogP contribution in [0.15, 0.2) is 59.8 Å². The van der Waals surface area contributed by atoms with Crippen LogP contribution in [-0.4, -0.2) is 43.4 Å². The average molecular weight is 465 g/mol. The van der Waals surface area contributed by atoms with E-state index in [1.54, 1.807) is 24.3 Å². The molecule has 1 aromatic heterocycles. The molecule has 1 unspecified atom stereocenters. The molecule has 0 aliphatic carbocycles. The summed E-state index contributed by atoms with van der Waals surface area (Å²) in [5.41, 5.74) is 3.91. The number of nitrogens with one attached hydrogen (secondary N) is 2. The molecule has 1 aliphatic heterocycles. The minimum Gasteiger partial charge on any atom is -0.318 e. The van der Waals surface area contributed by atoms with Gasteiger partial charge in [-0.2, -0.15) is 5.01 Å². The van der Waals surface area contributed by atoms with E-state index in [9.17, 15) is 14.4 Å². The lowest BCUT2D eigenvalue weighted by molar-refractivity contribution is -0.138. The standard InChI is InChI=1S/C23H24N6O3S/c1-4-23(17-8-6-5-7-9-17)20(31)29(21(32)24-23)27-19(30)14-33-22-26-25-16(3)28(22)18-12-10-15(2)11-13-18/h5-13H,4,14H2,1-3H3,(H,24,32)(H,27,30). The van der Waals surface area contributed by atoms with E-state index in [0.717, 1.165) is 16.3 Å². The minimum absolute atomic E-state index is 0.0501. The van der Waals surface area contributed by atoms with Crippen molar-refractivity contribution in [1.29, 1.82) is 0 Å². The fourth-order valence-electron chi connectivity index (χ4n) is 3.75. The van der Waals surface area contributed by atoms with Crippen LogP contribution in [-0.2, 0) is 15.1 Å². The summed E-state index contributed by atoms with van der Waals surface area (Å²) in [5, 5.41) is 12.3. The number of imide groups is 1. The molecular weight excluding hydrogens is 440 g/mol. The van der Waals surface area contributed by atoms with Gasteiger partial charge in [0.15, 0.2) is 5.16 Å². The number of carbonyl (C=O) groups excluding carboxylic acids is 3. The summed E-state index contributed by atoms with van der Waals surface area (Å²) in [7, 11) is 0. The van der Waals surface area contributed by atoms with E-state index in [-0.39, 0.29) is 5.75 Å². The molecule has 1 saturated heterocycles. The number of rotatable bonds is 7. The van der Waals surface area contributed by atoms with Crippen molar-refractivity contribution in [1.82, 2.24) is 30.5 Å². The molecule has 1 fully saturated rings. The Bertz CT molecular complexity index is 1190. The Morgan fingerprint density at radius 3 is 2.42 bits per heavy atom. The van der Waals surface area contributed by atoms with Gasteiger partial charge in [0.25, 0.3) is 5.91 Å². The molecule has 0 bridgehead atoms. The van der Waals surface area contributed by atoms with Gasteiger partial charge in [-0.3, -0.25) is 19.6 Å². The van der Waals surface area contributed by atoms with E-state index in [0.29, 0.717) is 23.0 Å². The van der Waals surface area contributed by atoms with Crippen molar-refractivity contribution in [2.24, 2.45) is 0 Å². The van der Waals surface area contributed by atoms with Crippen molar-refractivity contribution in [3.05, 3.63) is 71.5 Å². The molecule has 9 nitrogen and oxygen atoms in total.